The Balaban J connectivity index is 1.66. The first-order valence-electron chi connectivity index (χ1n) is 10.4. The van der Waals surface area contributed by atoms with Gasteiger partial charge in [0.15, 0.2) is 0 Å². The van der Waals surface area contributed by atoms with Crippen molar-refractivity contribution in [2.75, 3.05) is 10.8 Å². The number of sulfonamides is 1. The first-order valence-corrected chi connectivity index (χ1v) is 12.8. The molecule has 0 aliphatic carbocycles. The summed E-state index contributed by atoms with van der Waals surface area (Å²) in [5.41, 5.74) is 0.798. The lowest BCUT2D eigenvalue weighted by Crippen LogP contribution is -2.36. The molecule has 0 spiro atoms. The number of aliphatic hydroxyl groups excluding tert-OH is 1. The minimum atomic E-state index is -3.92. The van der Waals surface area contributed by atoms with E-state index in [2.05, 4.69) is 4.98 Å². The number of aromatic amines is 1. The first-order chi connectivity index (χ1) is 15.8. The van der Waals surface area contributed by atoms with Gasteiger partial charge in [0.2, 0.25) is 0 Å². The fourth-order valence-corrected chi connectivity index (χ4v) is 6.78. The van der Waals surface area contributed by atoms with Crippen LogP contribution >= 0.6 is 11.3 Å². The highest BCUT2D eigenvalue weighted by molar-refractivity contribution is 7.92. The summed E-state index contributed by atoms with van der Waals surface area (Å²) in [4.78, 5) is 29.1. The summed E-state index contributed by atoms with van der Waals surface area (Å²) in [5.74, 6) is 0. The van der Waals surface area contributed by atoms with E-state index in [-0.39, 0.29) is 16.0 Å². The maximum absolute atomic E-state index is 13.5. The number of thiophene rings is 1. The Morgan fingerprint density at radius 1 is 1.12 bits per heavy atom. The van der Waals surface area contributed by atoms with Gasteiger partial charge >= 0.3 is 5.69 Å². The molecule has 1 unspecified atom stereocenters. The molecule has 2 aromatic carbocycles. The second kappa shape index (κ2) is 7.98. The maximum atomic E-state index is 13.5. The summed E-state index contributed by atoms with van der Waals surface area (Å²) in [7, 11) is -3.92. The number of H-pyrrole nitrogens is 1. The number of aryl methyl sites for hydroxylation is 1. The number of aliphatic hydroxyl groups is 1. The van der Waals surface area contributed by atoms with Crippen molar-refractivity contribution in [3.8, 4) is 5.69 Å². The Bertz CT molecular complexity index is 1600. The first kappa shape index (κ1) is 21.6. The molecule has 0 radical (unpaired) electrons. The van der Waals surface area contributed by atoms with Crippen LogP contribution in [0.15, 0.2) is 68.4 Å². The normalized spacial score (nSPS) is 14.9. The highest BCUT2D eigenvalue weighted by Crippen LogP contribution is 2.32. The summed E-state index contributed by atoms with van der Waals surface area (Å²) in [6.07, 6.45) is 0.621. The predicted octanol–water partition coefficient (Wildman–Crippen LogP) is 2.94. The van der Waals surface area contributed by atoms with Gasteiger partial charge in [-0.15, -0.1) is 11.3 Å². The maximum Gasteiger partial charge on any atom is 0.333 e. The monoisotopic (exact) mass is 483 g/mol. The van der Waals surface area contributed by atoms with Gasteiger partial charge in [-0.1, -0.05) is 24.3 Å². The van der Waals surface area contributed by atoms with Crippen molar-refractivity contribution in [1.29, 1.82) is 0 Å². The molecule has 2 aromatic heterocycles. The molecule has 5 rings (SSSR count). The SMILES string of the molecule is CC(O)c1scc2[nH]c(=O)n(-c3cccc(S(=O)(=O)N4CCCc5ccccc54)c3)c(=O)c12. The summed E-state index contributed by atoms with van der Waals surface area (Å²) < 4.78 is 29.4. The van der Waals surface area contributed by atoms with Crippen molar-refractivity contribution >= 4 is 38.0 Å². The van der Waals surface area contributed by atoms with Crippen LogP contribution in [0.2, 0.25) is 0 Å². The van der Waals surface area contributed by atoms with Crippen LogP contribution in [0.25, 0.3) is 16.6 Å². The zero-order valence-corrected chi connectivity index (χ0v) is 19.3. The van der Waals surface area contributed by atoms with Crippen molar-refractivity contribution < 1.29 is 13.5 Å². The number of para-hydroxylation sites is 1. The second-order valence-electron chi connectivity index (χ2n) is 7.94. The van der Waals surface area contributed by atoms with Crippen LogP contribution in [-0.2, 0) is 16.4 Å². The topological polar surface area (TPSA) is 112 Å². The highest BCUT2D eigenvalue weighted by Gasteiger charge is 2.29. The van der Waals surface area contributed by atoms with Gasteiger partial charge in [-0.2, -0.15) is 0 Å². The van der Waals surface area contributed by atoms with Crippen LogP contribution in [0.4, 0.5) is 5.69 Å². The summed E-state index contributed by atoms with van der Waals surface area (Å²) in [5, 5.41) is 11.9. The molecule has 1 aliphatic heterocycles. The number of benzene rings is 2. The Morgan fingerprint density at radius 3 is 2.70 bits per heavy atom. The smallest absolute Gasteiger partial charge is 0.333 e. The van der Waals surface area contributed by atoms with Gasteiger partial charge < -0.3 is 10.1 Å². The highest BCUT2D eigenvalue weighted by atomic mass is 32.2. The van der Waals surface area contributed by atoms with Crippen LogP contribution < -0.4 is 15.6 Å². The Hall–Kier alpha value is -3.21. The van der Waals surface area contributed by atoms with E-state index in [0.29, 0.717) is 29.0 Å². The number of rotatable bonds is 4. The van der Waals surface area contributed by atoms with Gasteiger partial charge in [0.1, 0.15) is 0 Å². The number of anilines is 1. The van der Waals surface area contributed by atoms with Gasteiger partial charge in [-0.25, -0.2) is 17.8 Å². The fraction of sp³-hybridized carbons (Fsp3) is 0.217. The number of hydrogen-bond acceptors (Lipinski definition) is 6. The molecule has 4 aromatic rings. The molecule has 33 heavy (non-hydrogen) atoms. The van der Waals surface area contributed by atoms with E-state index in [0.717, 1.165) is 16.6 Å². The number of nitrogens with one attached hydrogen (secondary N) is 1. The van der Waals surface area contributed by atoms with Gasteiger partial charge in [-0.3, -0.25) is 9.10 Å². The summed E-state index contributed by atoms with van der Waals surface area (Å²) in [6, 6.07) is 13.2. The van der Waals surface area contributed by atoms with Gasteiger partial charge in [0, 0.05) is 16.8 Å². The summed E-state index contributed by atoms with van der Waals surface area (Å²) >= 11 is 1.18. The molecule has 3 heterocycles. The third-order valence-corrected chi connectivity index (χ3v) is 8.75. The van der Waals surface area contributed by atoms with E-state index < -0.39 is 27.4 Å². The molecule has 8 nitrogen and oxygen atoms in total. The molecule has 0 amide bonds. The number of hydrogen-bond donors (Lipinski definition) is 2. The van der Waals surface area contributed by atoms with Crippen LogP contribution in [-0.4, -0.2) is 29.6 Å². The predicted molar refractivity (Wildman–Crippen MR) is 128 cm³/mol. The fourth-order valence-electron chi connectivity index (χ4n) is 4.26. The van der Waals surface area contributed by atoms with Crippen LogP contribution in [0.3, 0.4) is 0 Å². The molecule has 0 bridgehead atoms. The lowest BCUT2D eigenvalue weighted by molar-refractivity contribution is 0.204. The number of aromatic nitrogens is 2. The Morgan fingerprint density at radius 2 is 1.91 bits per heavy atom. The molecule has 0 saturated carbocycles. The zero-order chi connectivity index (χ0) is 23.3. The van der Waals surface area contributed by atoms with Gasteiger partial charge in [0.25, 0.3) is 15.6 Å². The molecule has 1 aliphatic rings. The van der Waals surface area contributed by atoms with Crippen molar-refractivity contribution in [3.05, 3.63) is 85.2 Å². The molecule has 0 saturated heterocycles. The molecule has 10 heteroatoms. The van der Waals surface area contributed by atoms with E-state index in [1.54, 1.807) is 24.4 Å². The van der Waals surface area contributed by atoms with Crippen molar-refractivity contribution in [3.63, 3.8) is 0 Å². The minimum Gasteiger partial charge on any atom is -0.388 e. The third-order valence-electron chi connectivity index (χ3n) is 5.79. The Kier molecular flexibility index (Phi) is 5.23. The van der Waals surface area contributed by atoms with E-state index in [9.17, 15) is 23.1 Å². The van der Waals surface area contributed by atoms with E-state index >= 15 is 0 Å². The van der Waals surface area contributed by atoms with Crippen molar-refractivity contribution in [2.24, 2.45) is 0 Å². The lowest BCUT2D eigenvalue weighted by Gasteiger charge is -2.30. The largest absolute Gasteiger partial charge is 0.388 e. The molecule has 0 fully saturated rings. The van der Waals surface area contributed by atoms with Gasteiger partial charge in [-0.05, 0) is 49.6 Å². The molecule has 2 N–H and O–H groups in total. The quantitative estimate of drug-likeness (QED) is 0.464. The second-order valence-corrected chi connectivity index (χ2v) is 10.7. The number of nitrogens with zero attached hydrogens (tertiary/aromatic N) is 2. The van der Waals surface area contributed by atoms with Crippen LogP contribution in [0, 0.1) is 0 Å². The summed E-state index contributed by atoms with van der Waals surface area (Å²) in [6.45, 7) is 1.90. The van der Waals surface area contributed by atoms with E-state index in [1.165, 1.54) is 39.9 Å². The molecule has 1 atom stereocenters. The molecular weight excluding hydrogens is 462 g/mol. The van der Waals surface area contributed by atoms with Crippen LogP contribution in [0.1, 0.15) is 29.9 Å². The van der Waals surface area contributed by atoms with E-state index in [1.807, 2.05) is 12.1 Å². The minimum absolute atomic E-state index is 0.0100. The number of fused-ring (bicyclic) bond motifs is 2. The van der Waals surface area contributed by atoms with Crippen molar-refractivity contribution in [2.45, 2.75) is 30.8 Å². The van der Waals surface area contributed by atoms with Gasteiger partial charge in [0.05, 0.1) is 33.3 Å². The van der Waals surface area contributed by atoms with Crippen molar-refractivity contribution in [1.82, 2.24) is 9.55 Å². The van der Waals surface area contributed by atoms with E-state index in [4.69, 9.17) is 0 Å². The zero-order valence-electron chi connectivity index (χ0n) is 17.7. The third kappa shape index (κ3) is 3.50. The Labute approximate surface area is 193 Å². The standard InChI is InChI=1S/C23H21N3O5S2/c1-14(27)21-20-18(13-32-21)24-23(29)26(22(20)28)16-8-4-9-17(12-16)33(30,31)25-11-5-7-15-6-2-3-10-19(15)25/h2-4,6,8-10,12-14,27H,5,7,11H2,1H3,(H,24,29). The van der Waals surface area contributed by atoms with Crippen LogP contribution in [0.5, 0.6) is 0 Å². The molecule has 170 valence electrons. The average Bonchev–Trinajstić information content (AvgIpc) is 3.23. The molecular formula is C23H21N3O5S2. The lowest BCUT2D eigenvalue weighted by atomic mass is 10.0. The average molecular weight is 484 g/mol.